The highest BCUT2D eigenvalue weighted by molar-refractivity contribution is 7.47. The van der Waals surface area contributed by atoms with Gasteiger partial charge in [0.1, 0.15) is 19.8 Å². The molecule has 0 saturated carbocycles. The number of rotatable bonds is 41. The Morgan fingerprint density at radius 1 is 0.533 bits per heavy atom. The Bertz CT molecular complexity index is 1290. The first-order chi connectivity index (χ1) is 29.0. The third-order valence-corrected chi connectivity index (χ3v) is 10.4. The van der Waals surface area contributed by atoms with E-state index in [1.54, 1.807) is 0 Å². The number of allylic oxidation sites excluding steroid dienone is 14. The van der Waals surface area contributed by atoms with E-state index in [-0.39, 0.29) is 32.0 Å². The maximum absolute atomic E-state index is 12.7. The zero-order valence-corrected chi connectivity index (χ0v) is 39.6. The second kappa shape index (κ2) is 41.5. The molecule has 0 aromatic carbocycles. The van der Waals surface area contributed by atoms with Crippen LogP contribution in [-0.4, -0.2) is 74.9 Å². The fourth-order valence-corrected chi connectivity index (χ4v) is 6.50. The second-order valence-electron chi connectivity index (χ2n) is 16.4. The summed E-state index contributed by atoms with van der Waals surface area (Å²) >= 11 is 0. The van der Waals surface area contributed by atoms with Gasteiger partial charge in [0, 0.05) is 12.8 Å². The fourth-order valence-electron chi connectivity index (χ4n) is 5.76. The first-order valence-corrected chi connectivity index (χ1v) is 24.8. The van der Waals surface area contributed by atoms with Crippen LogP contribution in [0.1, 0.15) is 168 Å². The summed E-state index contributed by atoms with van der Waals surface area (Å²) in [5.41, 5.74) is 0. The molecule has 0 aromatic heterocycles. The standard InChI is InChI=1S/C50H86NO8P/c1-6-8-10-12-14-16-18-19-20-21-22-23-24-25-26-27-28-29-30-31-33-35-37-39-41-43-50(53)59-48(47-58-60(54,55)57-45-44-51(3,4)5)46-56-49(52)42-40-38-36-34-32-17-15-13-11-9-7-2/h8,10,13-16,19-20,22-23,25-26,28-29,48H,6-7,9,11-12,17-18,21,24,27,30-47H2,1-5H3/p+1/b10-8-,15-13-,16-14-,20-19-,23-22-,26-25-,29-28-. The third kappa shape index (κ3) is 44.7. The van der Waals surface area contributed by atoms with Gasteiger partial charge >= 0.3 is 19.8 Å². The molecule has 1 N–H and O–H groups in total. The van der Waals surface area contributed by atoms with Gasteiger partial charge in [-0.3, -0.25) is 18.6 Å². The second-order valence-corrected chi connectivity index (χ2v) is 17.9. The van der Waals surface area contributed by atoms with Gasteiger partial charge in [-0.05, 0) is 83.5 Å². The van der Waals surface area contributed by atoms with Crippen molar-refractivity contribution in [3.8, 4) is 0 Å². The average molecular weight is 861 g/mol. The molecule has 2 unspecified atom stereocenters. The molecule has 0 saturated heterocycles. The highest BCUT2D eigenvalue weighted by Crippen LogP contribution is 2.43. The minimum absolute atomic E-state index is 0.0227. The van der Waals surface area contributed by atoms with E-state index in [4.69, 9.17) is 18.5 Å². The van der Waals surface area contributed by atoms with Crippen LogP contribution in [0.3, 0.4) is 0 Å². The summed E-state index contributed by atoms with van der Waals surface area (Å²) in [6.45, 7) is 4.22. The Kier molecular flexibility index (Phi) is 39.6. The zero-order chi connectivity index (χ0) is 44.3. The van der Waals surface area contributed by atoms with Crippen LogP contribution in [0, 0.1) is 0 Å². The smallest absolute Gasteiger partial charge is 0.462 e. The Balaban J connectivity index is 4.32. The molecule has 0 aromatic rings. The maximum Gasteiger partial charge on any atom is 0.472 e. The summed E-state index contributed by atoms with van der Waals surface area (Å²) in [6.07, 6.45) is 53.5. The fraction of sp³-hybridized carbons (Fsp3) is 0.680. The molecule has 344 valence electrons. The lowest BCUT2D eigenvalue weighted by Gasteiger charge is -2.24. The van der Waals surface area contributed by atoms with Crippen LogP contribution in [-0.2, 0) is 32.7 Å². The van der Waals surface area contributed by atoms with Crippen LogP contribution in [0.5, 0.6) is 0 Å². The summed E-state index contributed by atoms with van der Waals surface area (Å²) in [6, 6.07) is 0. The SMILES string of the molecule is CC/C=C\C/C=C\C/C=C\C/C=C\C/C=C\C/C=C\CCCCCCCCC(=O)OC(COC(=O)CCCCCCC/C=C\CCCC)COP(=O)(O)OCC[N+](C)(C)C. The highest BCUT2D eigenvalue weighted by Gasteiger charge is 2.27. The Morgan fingerprint density at radius 3 is 1.43 bits per heavy atom. The first kappa shape index (κ1) is 57.2. The number of hydrogen-bond acceptors (Lipinski definition) is 7. The van der Waals surface area contributed by atoms with E-state index >= 15 is 0 Å². The van der Waals surface area contributed by atoms with Crippen molar-refractivity contribution in [2.75, 3.05) is 47.5 Å². The number of hydrogen-bond donors (Lipinski definition) is 1. The van der Waals surface area contributed by atoms with E-state index in [1.807, 2.05) is 21.1 Å². The van der Waals surface area contributed by atoms with E-state index in [2.05, 4.69) is 98.9 Å². The molecule has 0 aliphatic rings. The van der Waals surface area contributed by atoms with Crippen molar-refractivity contribution in [1.82, 2.24) is 0 Å². The van der Waals surface area contributed by atoms with Crippen molar-refractivity contribution in [3.63, 3.8) is 0 Å². The summed E-state index contributed by atoms with van der Waals surface area (Å²) in [4.78, 5) is 35.4. The number of likely N-dealkylation sites (N-methyl/N-ethyl adjacent to an activating group) is 1. The van der Waals surface area contributed by atoms with Crippen LogP contribution in [0.15, 0.2) is 85.1 Å². The topological polar surface area (TPSA) is 108 Å². The van der Waals surface area contributed by atoms with Gasteiger partial charge < -0.3 is 18.9 Å². The molecule has 2 atom stereocenters. The third-order valence-electron chi connectivity index (χ3n) is 9.41. The molecule has 10 heteroatoms. The summed E-state index contributed by atoms with van der Waals surface area (Å²) in [5.74, 6) is -0.835. The molecule has 9 nitrogen and oxygen atoms in total. The molecule has 0 bridgehead atoms. The number of phosphoric acid groups is 1. The summed E-state index contributed by atoms with van der Waals surface area (Å²) in [5, 5.41) is 0. The van der Waals surface area contributed by atoms with Gasteiger partial charge in [0.2, 0.25) is 0 Å². The molecule has 0 rings (SSSR count). The molecule has 0 fully saturated rings. The molecule has 60 heavy (non-hydrogen) atoms. The van der Waals surface area contributed by atoms with E-state index in [0.717, 1.165) is 122 Å². The highest BCUT2D eigenvalue weighted by atomic mass is 31.2. The average Bonchev–Trinajstić information content (AvgIpc) is 3.20. The van der Waals surface area contributed by atoms with Gasteiger partial charge in [-0.15, -0.1) is 0 Å². The molecular weight excluding hydrogens is 774 g/mol. The van der Waals surface area contributed by atoms with Crippen LogP contribution < -0.4 is 0 Å². The molecule has 0 aliphatic carbocycles. The monoisotopic (exact) mass is 861 g/mol. The Hall–Kier alpha value is -2.81. The Morgan fingerprint density at radius 2 is 0.950 bits per heavy atom. The maximum atomic E-state index is 12.7. The molecule has 0 spiro atoms. The molecule has 0 aliphatic heterocycles. The number of carbonyl (C=O) groups excluding carboxylic acids is 2. The van der Waals surface area contributed by atoms with E-state index in [1.165, 1.54) is 12.8 Å². The van der Waals surface area contributed by atoms with Crippen molar-refractivity contribution in [3.05, 3.63) is 85.1 Å². The number of carbonyl (C=O) groups is 2. The van der Waals surface area contributed by atoms with Crippen LogP contribution >= 0.6 is 7.82 Å². The molecule has 0 heterocycles. The van der Waals surface area contributed by atoms with Gasteiger partial charge in [-0.1, -0.05) is 157 Å². The van der Waals surface area contributed by atoms with Crippen molar-refractivity contribution >= 4 is 19.8 Å². The first-order valence-electron chi connectivity index (χ1n) is 23.3. The predicted molar refractivity (Wildman–Crippen MR) is 252 cm³/mol. The largest absolute Gasteiger partial charge is 0.472 e. The quantitative estimate of drug-likeness (QED) is 0.0213. The summed E-state index contributed by atoms with van der Waals surface area (Å²) < 4.78 is 34.3. The van der Waals surface area contributed by atoms with Crippen molar-refractivity contribution in [1.29, 1.82) is 0 Å². The lowest BCUT2D eigenvalue weighted by molar-refractivity contribution is -0.870. The van der Waals surface area contributed by atoms with Gasteiger partial charge in [0.15, 0.2) is 6.10 Å². The summed E-state index contributed by atoms with van der Waals surface area (Å²) in [7, 11) is 1.45. The minimum atomic E-state index is -4.39. The minimum Gasteiger partial charge on any atom is -0.462 e. The van der Waals surface area contributed by atoms with Crippen molar-refractivity contribution in [2.24, 2.45) is 0 Å². The zero-order valence-electron chi connectivity index (χ0n) is 38.7. The Labute approximate surface area is 367 Å². The van der Waals surface area contributed by atoms with E-state index in [0.29, 0.717) is 17.4 Å². The lowest BCUT2D eigenvalue weighted by atomic mass is 10.1. The molecular formula is C50H87NO8P+. The predicted octanol–water partition coefficient (Wildman–Crippen LogP) is 13.6. The van der Waals surface area contributed by atoms with E-state index in [9.17, 15) is 19.0 Å². The number of nitrogens with zero attached hydrogens (tertiary/aromatic N) is 1. The van der Waals surface area contributed by atoms with Crippen molar-refractivity contribution < 1.29 is 42.1 Å². The number of quaternary nitrogens is 1. The van der Waals surface area contributed by atoms with Crippen molar-refractivity contribution in [2.45, 2.75) is 174 Å². The number of esters is 2. The van der Waals surface area contributed by atoms with Crippen LogP contribution in [0.2, 0.25) is 0 Å². The van der Waals surface area contributed by atoms with Gasteiger partial charge in [-0.2, -0.15) is 0 Å². The van der Waals surface area contributed by atoms with Gasteiger partial charge in [0.05, 0.1) is 27.7 Å². The van der Waals surface area contributed by atoms with Gasteiger partial charge in [0.25, 0.3) is 0 Å². The number of phosphoric ester groups is 1. The van der Waals surface area contributed by atoms with E-state index < -0.39 is 26.5 Å². The molecule has 0 radical (unpaired) electrons. The number of unbranched alkanes of at least 4 members (excludes halogenated alkanes) is 13. The van der Waals surface area contributed by atoms with Crippen LogP contribution in [0.25, 0.3) is 0 Å². The number of ether oxygens (including phenoxy) is 2. The lowest BCUT2D eigenvalue weighted by Crippen LogP contribution is -2.37. The normalized spacial score (nSPS) is 14.3. The van der Waals surface area contributed by atoms with Gasteiger partial charge in [-0.25, -0.2) is 4.57 Å². The molecule has 0 amide bonds. The van der Waals surface area contributed by atoms with Crippen LogP contribution in [0.4, 0.5) is 0 Å².